The molecule has 2 aliphatic heterocycles. The number of benzene rings is 2. The molecule has 1 fully saturated rings. The molecule has 0 unspecified atom stereocenters. The van der Waals surface area contributed by atoms with E-state index in [9.17, 15) is 0 Å². The molecule has 154 valence electrons. The van der Waals surface area contributed by atoms with Gasteiger partial charge in [0, 0.05) is 17.1 Å². The Kier molecular flexibility index (Phi) is 6.57. The van der Waals surface area contributed by atoms with Gasteiger partial charge in [0.25, 0.3) is 0 Å². The van der Waals surface area contributed by atoms with Gasteiger partial charge >= 0.3 is 0 Å². The molecule has 6 heteroatoms. The average Bonchev–Trinajstić information content (AvgIpc) is 2.73. The van der Waals surface area contributed by atoms with Crippen LogP contribution in [-0.4, -0.2) is 30.8 Å². The van der Waals surface area contributed by atoms with E-state index in [-0.39, 0.29) is 30.4 Å². The highest BCUT2D eigenvalue weighted by atomic mass is 35.5. The average molecular weight is 433 g/mol. The zero-order valence-corrected chi connectivity index (χ0v) is 18.1. The van der Waals surface area contributed by atoms with Gasteiger partial charge in [-0.15, -0.1) is 24.8 Å². The Morgan fingerprint density at radius 1 is 1.03 bits per heavy atom. The van der Waals surface area contributed by atoms with Gasteiger partial charge in [-0.05, 0) is 74.2 Å². The first-order chi connectivity index (χ1) is 13.3. The third kappa shape index (κ3) is 3.89. The van der Waals surface area contributed by atoms with Crippen LogP contribution in [0, 0.1) is 0 Å². The highest BCUT2D eigenvalue weighted by Crippen LogP contribution is 2.42. The van der Waals surface area contributed by atoms with Crippen molar-refractivity contribution in [2.45, 2.75) is 31.3 Å². The minimum absolute atomic E-state index is 0. The maximum absolute atomic E-state index is 6.49. The van der Waals surface area contributed by atoms with Crippen LogP contribution in [0.2, 0.25) is 0 Å². The number of fused-ring (bicyclic) bond motifs is 2. The quantitative estimate of drug-likeness (QED) is 0.603. The normalized spacial score (nSPS) is 16.9. The third-order valence-electron chi connectivity index (χ3n) is 5.99. The molecule has 3 aromatic rings. The van der Waals surface area contributed by atoms with Crippen molar-refractivity contribution < 1.29 is 9.47 Å². The van der Waals surface area contributed by atoms with E-state index in [4.69, 9.17) is 9.47 Å². The number of nitrogens with zero attached hydrogens (tertiary/aromatic N) is 1. The van der Waals surface area contributed by atoms with Gasteiger partial charge in [-0.1, -0.05) is 18.2 Å². The number of hydrogen-bond donors (Lipinski definition) is 1. The lowest BCUT2D eigenvalue weighted by molar-refractivity contribution is 0.0170. The molecule has 4 nitrogen and oxygen atoms in total. The maximum atomic E-state index is 6.49. The summed E-state index contributed by atoms with van der Waals surface area (Å²) in [5.74, 6) is 1.88. The van der Waals surface area contributed by atoms with E-state index < -0.39 is 0 Å². The number of hydrogen-bond acceptors (Lipinski definition) is 4. The summed E-state index contributed by atoms with van der Waals surface area (Å²) in [6.07, 6.45) is 6.17. The first-order valence-corrected chi connectivity index (χ1v) is 9.73. The van der Waals surface area contributed by atoms with Gasteiger partial charge in [0.1, 0.15) is 16.9 Å². The van der Waals surface area contributed by atoms with Crippen LogP contribution in [0.1, 0.15) is 24.8 Å². The number of methoxy groups -OCH3 is 1. The van der Waals surface area contributed by atoms with E-state index in [2.05, 4.69) is 46.7 Å². The van der Waals surface area contributed by atoms with Crippen molar-refractivity contribution in [3.8, 4) is 22.6 Å². The molecule has 2 aromatic carbocycles. The summed E-state index contributed by atoms with van der Waals surface area (Å²) in [7, 11) is 1.72. The van der Waals surface area contributed by atoms with Crippen molar-refractivity contribution in [3.63, 3.8) is 0 Å². The van der Waals surface area contributed by atoms with E-state index in [1.807, 2.05) is 12.3 Å². The van der Waals surface area contributed by atoms with E-state index in [1.165, 1.54) is 5.56 Å². The molecule has 1 saturated heterocycles. The predicted molar refractivity (Wildman–Crippen MR) is 122 cm³/mol. The summed E-state index contributed by atoms with van der Waals surface area (Å²) < 4.78 is 12.2. The first kappa shape index (κ1) is 21.7. The SMILES string of the molecule is COc1c(-c2ccc3c(c2)CCC2(CCNCC2)O3)ccc2cccnc12.Cl.Cl. The van der Waals surface area contributed by atoms with Crippen molar-refractivity contribution in [2.24, 2.45) is 0 Å². The maximum Gasteiger partial charge on any atom is 0.152 e. The summed E-state index contributed by atoms with van der Waals surface area (Å²) in [5, 5.41) is 4.53. The number of aryl methyl sites for hydroxylation is 1. The van der Waals surface area contributed by atoms with Gasteiger partial charge < -0.3 is 14.8 Å². The molecule has 1 N–H and O–H groups in total. The summed E-state index contributed by atoms with van der Waals surface area (Å²) in [5.41, 5.74) is 4.46. The summed E-state index contributed by atoms with van der Waals surface area (Å²) in [4.78, 5) is 4.53. The van der Waals surface area contributed by atoms with Crippen LogP contribution in [0.5, 0.6) is 11.5 Å². The van der Waals surface area contributed by atoms with Crippen LogP contribution in [0.25, 0.3) is 22.0 Å². The van der Waals surface area contributed by atoms with E-state index in [0.29, 0.717) is 0 Å². The van der Waals surface area contributed by atoms with Crippen LogP contribution in [0.3, 0.4) is 0 Å². The lowest BCUT2D eigenvalue weighted by Crippen LogP contribution is -2.48. The Balaban J connectivity index is 0.00000120. The molecule has 5 rings (SSSR count). The monoisotopic (exact) mass is 432 g/mol. The number of nitrogens with one attached hydrogen (secondary N) is 1. The lowest BCUT2D eigenvalue weighted by atomic mass is 9.83. The van der Waals surface area contributed by atoms with Gasteiger partial charge in [-0.3, -0.25) is 4.98 Å². The van der Waals surface area contributed by atoms with Gasteiger partial charge in [0.2, 0.25) is 0 Å². The van der Waals surface area contributed by atoms with Crippen molar-refractivity contribution in [2.75, 3.05) is 20.2 Å². The number of aromatic nitrogens is 1. The third-order valence-corrected chi connectivity index (χ3v) is 5.99. The number of piperidine rings is 1. The molecule has 0 atom stereocenters. The molecular formula is C23H26Cl2N2O2. The molecule has 2 aliphatic rings. The van der Waals surface area contributed by atoms with Crippen molar-refractivity contribution >= 4 is 35.7 Å². The Hall–Kier alpha value is -2.01. The van der Waals surface area contributed by atoms with Crippen LogP contribution in [0.4, 0.5) is 0 Å². The zero-order valence-electron chi connectivity index (χ0n) is 16.4. The van der Waals surface area contributed by atoms with E-state index in [1.54, 1.807) is 7.11 Å². The van der Waals surface area contributed by atoms with Gasteiger partial charge in [0.05, 0.1) is 7.11 Å². The molecule has 0 bridgehead atoms. The second-order valence-electron chi connectivity index (χ2n) is 7.58. The fourth-order valence-electron chi connectivity index (χ4n) is 4.48. The fraction of sp³-hybridized carbons (Fsp3) is 0.348. The molecule has 3 heterocycles. The van der Waals surface area contributed by atoms with Crippen molar-refractivity contribution in [1.82, 2.24) is 10.3 Å². The topological polar surface area (TPSA) is 43.4 Å². The molecule has 0 radical (unpaired) electrons. The highest BCUT2D eigenvalue weighted by molar-refractivity contribution is 5.92. The second-order valence-corrected chi connectivity index (χ2v) is 7.58. The van der Waals surface area contributed by atoms with Crippen LogP contribution >= 0.6 is 24.8 Å². The zero-order chi connectivity index (χ0) is 18.3. The molecule has 1 aromatic heterocycles. The minimum Gasteiger partial charge on any atom is -0.494 e. The Labute approximate surface area is 183 Å². The fourth-order valence-corrected chi connectivity index (χ4v) is 4.48. The molecule has 0 saturated carbocycles. The number of rotatable bonds is 2. The molecule has 0 aliphatic carbocycles. The van der Waals surface area contributed by atoms with E-state index >= 15 is 0 Å². The predicted octanol–water partition coefficient (Wildman–Crippen LogP) is 5.20. The Morgan fingerprint density at radius 2 is 1.86 bits per heavy atom. The Bertz CT molecular complexity index is 1000. The lowest BCUT2D eigenvalue weighted by Gasteiger charge is -2.41. The number of pyridine rings is 1. The van der Waals surface area contributed by atoms with Gasteiger partial charge in [0.15, 0.2) is 5.75 Å². The first-order valence-electron chi connectivity index (χ1n) is 9.73. The Morgan fingerprint density at radius 3 is 2.66 bits per heavy atom. The number of ether oxygens (including phenoxy) is 2. The minimum atomic E-state index is 0. The van der Waals surface area contributed by atoms with Crippen molar-refractivity contribution in [3.05, 3.63) is 54.2 Å². The summed E-state index contributed by atoms with van der Waals surface area (Å²) >= 11 is 0. The van der Waals surface area contributed by atoms with Crippen LogP contribution < -0.4 is 14.8 Å². The summed E-state index contributed by atoms with van der Waals surface area (Å²) in [6, 6.07) is 14.8. The highest BCUT2D eigenvalue weighted by Gasteiger charge is 2.37. The molecule has 29 heavy (non-hydrogen) atoms. The molecule has 0 amide bonds. The largest absolute Gasteiger partial charge is 0.494 e. The number of halogens is 2. The van der Waals surface area contributed by atoms with Gasteiger partial charge in [-0.2, -0.15) is 0 Å². The van der Waals surface area contributed by atoms with Crippen LogP contribution in [0.15, 0.2) is 48.7 Å². The van der Waals surface area contributed by atoms with Crippen LogP contribution in [-0.2, 0) is 6.42 Å². The second kappa shape index (κ2) is 8.78. The van der Waals surface area contributed by atoms with Gasteiger partial charge in [-0.25, -0.2) is 0 Å². The molecular weight excluding hydrogens is 407 g/mol. The molecule has 1 spiro atoms. The van der Waals surface area contributed by atoms with Crippen molar-refractivity contribution in [1.29, 1.82) is 0 Å². The smallest absolute Gasteiger partial charge is 0.152 e. The van der Waals surface area contributed by atoms with E-state index in [0.717, 1.165) is 72.3 Å². The summed E-state index contributed by atoms with van der Waals surface area (Å²) in [6.45, 7) is 2.10. The standard InChI is InChI=1S/C23H24N2O2.2ClH/c1-26-22-19(6-4-16-3-2-12-25-21(16)22)17-5-7-20-18(15-17)8-9-23(27-20)10-13-24-14-11-23;;/h2-7,12,15,24H,8-11,13-14H2,1H3;2*1H.